The average Bonchev–Trinajstić information content (AvgIpc) is 3.31. The third kappa shape index (κ3) is 2.39. The summed E-state index contributed by atoms with van der Waals surface area (Å²) >= 11 is 0. The first-order valence-corrected chi connectivity index (χ1v) is 7.43. The van der Waals surface area contributed by atoms with Crippen molar-refractivity contribution >= 4 is 11.6 Å². The number of hydrogen-bond donors (Lipinski definition) is 1. The highest BCUT2D eigenvalue weighted by molar-refractivity contribution is 5.48. The van der Waals surface area contributed by atoms with Crippen molar-refractivity contribution in [1.29, 1.82) is 0 Å². The van der Waals surface area contributed by atoms with Crippen LogP contribution in [0, 0.1) is 0 Å². The van der Waals surface area contributed by atoms with Crippen molar-refractivity contribution in [3.63, 3.8) is 0 Å². The summed E-state index contributed by atoms with van der Waals surface area (Å²) in [6, 6.07) is 2.80. The summed E-state index contributed by atoms with van der Waals surface area (Å²) in [5.41, 5.74) is 5.93. The zero-order chi connectivity index (χ0) is 12.8. The van der Waals surface area contributed by atoms with Gasteiger partial charge in [-0.15, -0.1) is 0 Å². The van der Waals surface area contributed by atoms with Gasteiger partial charge in [-0.1, -0.05) is 0 Å². The van der Waals surface area contributed by atoms with Crippen LogP contribution in [-0.2, 0) is 0 Å². The molecule has 2 aliphatic carbocycles. The molecule has 19 heavy (non-hydrogen) atoms. The average molecular weight is 259 g/mol. The standard InChI is InChI=1S/C14H21N5/c15-12-9-13(17-14(16-12)10-1-2-10)19-7-5-18(6-8-19)11-3-4-11/h9-11H,1-8H2,(H2,15,16,17). The van der Waals surface area contributed by atoms with Crippen LogP contribution in [0.3, 0.4) is 0 Å². The number of rotatable bonds is 3. The molecular formula is C14H21N5. The lowest BCUT2D eigenvalue weighted by Gasteiger charge is -2.35. The molecule has 1 saturated heterocycles. The van der Waals surface area contributed by atoms with Gasteiger partial charge in [-0.2, -0.15) is 0 Å². The van der Waals surface area contributed by atoms with E-state index in [1.807, 2.05) is 6.07 Å². The topological polar surface area (TPSA) is 58.3 Å². The van der Waals surface area contributed by atoms with E-state index in [1.165, 1.54) is 25.7 Å². The van der Waals surface area contributed by atoms with Crippen LogP contribution in [0.5, 0.6) is 0 Å². The number of anilines is 2. The molecular weight excluding hydrogens is 238 g/mol. The van der Waals surface area contributed by atoms with Crippen molar-refractivity contribution in [2.75, 3.05) is 36.8 Å². The van der Waals surface area contributed by atoms with E-state index < -0.39 is 0 Å². The van der Waals surface area contributed by atoms with E-state index in [0.29, 0.717) is 11.7 Å². The minimum atomic E-state index is 0.565. The van der Waals surface area contributed by atoms with Gasteiger partial charge in [0.25, 0.3) is 0 Å². The van der Waals surface area contributed by atoms with Crippen LogP contribution in [-0.4, -0.2) is 47.1 Å². The summed E-state index contributed by atoms with van der Waals surface area (Å²) in [6.07, 6.45) is 5.23. The van der Waals surface area contributed by atoms with Crippen molar-refractivity contribution in [2.45, 2.75) is 37.6 Å². The predicted molar refractivity (Wildman–Crippen MR) is 75.2 cm³/mol. The Bertz CT molecular complexity index is 473. The molecule has 2 saturated carbocycles. The van der Waals surface area contributed by atoms with Crippen molar-refractivity contribution < 1.29 is 0 Å². The monoisotopic (exact) mass is 259 g/mol. The van der Waals surface area contributed by atoms with E-state index in [-0.39, 0.29) is 0 Å². The predicted octanol–water partition coefficient (Wildman–Crippen LogP) is 1.22. The Labute approximate surface area is 113 Å². The minimum absolute atomic E-state index is 0.565. The van der Waals surface area contributed by atoms with E-state index in [4.69, 9.17) is 10.7 Å². The van der Waals surface area contributed by atoms with Gasteiger partial charge >= 0.3 is 0 Å². The molecule has 1 aliphatic heterocycles. The number of nitrogens with two attached hydrogens (primary N) is 1. The fraction of sp³-hybridized carbons (Fsp3) is 0.714. The zero-order valence-corrected chi connectivity index (χ0v) is 11.3. The van der Waals surface area contributed by atoms with Crippen LogP contribution in [0.1, 0.15) is 37.4 Å². The van der Waals surface area contributed by atoms with Crippen molar-refractivity contribution in [1.82, 2.24) is 14.9 Å². The summed E-state index contributed by atoms with van der Waals surface area (Å²) in [6.45, 7) is 4.45. The molecule has 3 fully saturated rings. The van der Waals surface area contributed by atoms with Gasteiger partial charge in [0, 0.05) is 44.2 Å². The number of piperazine rings is 1. The molecule has 5 heteroatoms. The Balaban J connectivity index is 1.49. The number of nitrogen functional groups attached to an aromatic ring is 1. The van der Waals surface area contributed by atoms with Crippen molar-refractivity contribution in [2.24, 2.45) is 0 Å². The smallest absolute Gasteiger partial charge is 0.136 e. The second-order valence-electron chi connectivity index (χ2n) is 6.04. The lowest BCUT2D eigenvalue weighted by atomic mass is 10.3. The number of aromatic nitrogens is 2. The first-order valence-electron chi connectivity index (χ1n) is 7.43. The minimum Gasteiger partial charge on any atom is -0.384 e. The Kier molecular flexibility index (Phi) is 2.62. The number of nitrogens with zero attached hydrogens (tertiary/aromatic N) is 4. The van der Waals surface area contributed by atoms with Gasteiger partial charge in [-0.05, 0) is 25.7 Å². The lowest BCUT2D eigenvalue weighted by Crippen LogP contribution is -2.47. The van der Waals surface area contributed by atoms with Gasteiger partial charge in [-0.3, -0.25) is 4.90 Å². The van der Waals surface area contributed by atoms with Crippen LogP contribution in [0.2, 0.25) is 0 Å². The summed E-state index contributed by atoms with van der Waals surface area (Å²) in [5, 5.41) is 0. The Morgan fingerprint density at radius 3 is 2.37 bits per heavy atom. The van der Waals surface area contributed by atoms with Crippen LogP contribution < -0.4 is 10.6 Å². The molecule has 0 aromatic carbocycles. The molecule has 5 nitrogen and oxygen atoms in total. The molecule has 3 aliphatic rings. The molecule has 0 atom stereocenters. The summed E-state index contributed by atoms with van der Waals surface area (Å²) in [7, 11) is 0. The first kappa shape index (κ1) is 11.5. The molecule has 0 unspecified atom stereocenters. The zero-order valence-electron chi connectivity index (χ0n) is 11.3. The van der Waals surface area contributed by atoms with E-state index >= 15 is 0 Å². The Morgan fingerprint density at radius 1 is 1.00 bits per heavy atom. The molecule has 1 aromatic rings. The largest absolute Gasteiger partial charge is 0.384 e. The fourth-order valence-electron chi connectivity index (χ4n) is 2.91. The summed E-state index contributed by atoms with van der Waals surface area (Å²) in [4.78, 5) is 14.1. The van der Waals surface area contributed by atoms with Crippen LogP contribution >= 0.6 is 0 Å². The van der Waals surface area contributed by atoms with Gasteiger partial charge in [0.15, 0.2) is 0 Å². The maximum Gasteiger partial charge on any atom is 0.136 e. The van der Waals surface area contributed by atoms with E-state index in [0.717, 1.165) is 43.9 Å². The Morgan fingerprint density at radius 2 is 1.74 bits per heavy atom. The van der Waals surface area contributed by atoms with Crippen LogP contribution in [0.4, 0.5) is 11.6 Å². The highest BCUT2D eigenvalue weighted by Crippen LogP contribution is 2.39. The second-order valence-corrected chi connectivity index (χ2v) is 6.04. The number of hydrogen-bond acceptors (Lipinski definition) is 5. The van der Waals surface area contributed by atoms with E-state index in [2.05, 4.69) is 14.8 Å². The van der Waals surface area contributed by atoms with Crippen molar-refractivity contribution in [3.8, 4) is 0 Å². The summed E-state index contributed by atoms with van der Waals surface area (Å²) in [5.74, 6) is 3.18. The molecule has 2 N–H and O–H groups in total. The van der Waals surface area contributed by atoms with Gasteiger partial charge in [-0.25, -0.2) is 9.97 Å². The Hall–Kier alpha value is -1.36. The quantitative estimate of drug-likeness (QED) is 0.884. The first-order chi connectivity index (χ1) is 9.29. The normalized spacial score (nSPS) is 24.7. The van der Waals surface area contributed by atoms with Crippen molar-refractivity contribution in [3.05, 3.63) is 11.9 Å². The van der Waals surface area contributed by atoms with Gasteiger partial charge in [0.1, 0.15) is 17.5 Å². The molecule has 1 aromatic heterocycles. The van der Waals surface area contributed by atoms with Crippen LogP contribution in [0.15, 0.2) is 6.07 Å². The maximum atomic E-state index is 5.93. The fourth-order valence-corrected chi connectivity index (χ4v) is 2.91. The second kappa shape index (κ2) is 4.34. The van der Waals surface area contributed by atoms with E-state index in [9.17, 15) is 0 Å². The maximum absolute atomic E-state index is 5.93. The third-order valence-electron chi connectivity index (χ3n) is 4.39. The van der Waals surface area contributed by atoms with Gasteiger partial charge in [0.2, 0.25) is 0 Å². The molecule has 102 valence electrons. The lowest BCUT2D eigenvalue weighted by molar-refractivity contribution is 0.247. The third-order valence-corrected chi connectivity index (χ3v) is 4.39. The van der Waals surface area contributed by atoms with E-state index in [1.54, 1.807) is 0 Å². The molecule has 0 amide bonds. The van der Waals surface area contributed by atoms with Gasteiger partial charge < -0.3 is 10.6 Å². The molecule has 4 rings (SSSR count). The highest BCUT2D eigenvalue weighted by atomic mass is 15.3. The van der Waals surface area contributed by atoms with Crippen LogP contribution in [0.25, 0.3) is 0 Å². The van der Waals surface area contributed by atoms with Gasteiger partial charge in [0.05, 0.1) is 0 Å². The highest BCUT2D eigenvalue weighted by Gasteiger charge is 2.32. The molecule has 0 bridgehead atoms. The SMILES string of the molecule is Nc1cc(N2CCN(C3CC3)CC2)nc(C2CC2)n1. The summed E-state index contributed by atoms with van der Waals surface area (Å²) < 4.78 is 0. The molecule has 0 radical (unpaired) electrons. The molecule has 2 heterocycles. The molecule has 0 spiro atoms.